The minimum absolute atomic E-state index is 0.783. The quantitative estimate of drug-likeness (QED) is 0.595. The van der Waals surface area contributed by atoms with Crippen molar-refractivity contribution in [3.63, 3.8) is 0 Å². The van der Waals surface area contributed by atoms with Gasteiger partial charge >= 0.3 is 0 Å². The zero-order valence-corrected chi connectivity index (χ0v) is 8.18. The Morgan fingerprint density at radius 1 is 1.07 bits per heavy atom. The molecule has 0 saturated heterocycles. The standard InChI is InChI=1S/C13H11NO/c15-10-4-6-11-5-1-2-7-12(11)13-8-3-9-14-13/h1-10,14H/b6-4+. The Hall–Kier alpha value is -2.09. The molecular formula is C13H11NO. The largest absolute Gasteiger partial charge is 0.361 e. The number of H-pyrrole nitrogens is 1. The van der Waals surface area contributed by atoms with E-state index in [0.29, 0.717) is 0 Å². The highest BCUT2D eigenvalue weighted by Gasteiger charge is 2.01. The molecule has 1 heterocycles. The SMILES string of the molecule is O=C/C=C/c1ccccc1-c1ccc[nH]1. The van der Waals surface area contributed by atoms with Crippen LogP contribution in [0.3, 0.4) is 0 Å². The number of hydrogen-bond donors (Lipinski definition) is 1. The number of rotatable bonds is 3. The minimum Gasteiger partial charge on any atom is -0.361 e. The third kappa shape index (κ3) is 2.05. The fraction of sp³-hybridized carbons (Fsp3) is 0. The van der Waals surface area contributed by atoms with Gasteiger partial charge in [0.15, 0.2) is 0 Å². The van der Waals surface area contributed by atoms with Crippen molar-refractivity contribution in [2.45, 2.75) is 0 Å². The normalized spacial score (nSPS) is 10.7. The van der Waals surface area contributed by atoms with E-state index in [2.05, 4.69) is 4.98 Å². The van der Waals surface area contributed by atoms with Crippen molar-refractivity contribution in [1.82, 2.24) is 4.98 Å². The van der Waals surface area contributed by atoms with Crippen molar-refractivity contribution in [3.8, 4) is 11.3 Å². The maximum Gasteiger partial charge on any atom is 0.142 e. The summed E-state index contributed by atoms with van der Waals surface area (Å²) in [7, 11) is 0. The number of allylic oxidation sites excluding steroid dienone is 1. The lowest BCUT2D eigenvalue weighted by Gasteiger charge is -2.02. The molecular weight excluding hydrogens is 186 g/mol. The lowest BCUT2D eigenvalue weighted by atomic mass is 10.0. The van der Waals surface area contributed by atoms with Gasteiger partial charge in [0.05, 0.1) is 0 Å². The average Bonchev–Trinajstić information content (AvgIpc) is 2.80. The van der Waals surface area contributed by atoms with Gasteiger partial charge < -0.3 is 4.98 Å². The second-order valence-electron chi connectivity index (χ2n) is 3.17. The summed E-state index contributed by atoms with van der Waals surface area (Å²) >= 11 is 0. The topological polar surface area (TPSA) is 32.9 Å². The van der Waals surface area contributed by atoms with E-state index in [1.807, 2.05) is 48.7 Å². The molecule has 15 heavy (non-hydrogen) atoms. The van der Waals surface area contributed by atoms with Crippen molar-refractivity contribution in [1.29, 1.82) is 0 Å². The monoisotopic (exact) mass is 197 g/mol. The Kier molecular flexibility index (Phi) is 2.79. The summed E-state index contributed by atoms with van der Waals surface area (Å²) in [6, 6.07) is 11.9. The van der Waals surface area contributed by atoms with E-state index < -0.39 is 0 Å². The van der Waals surface area contributed by atoms with E-state index in [-0.39, 0.29) is 0 Å². The highest BCUT2D eigenvalue weighted by molar-refractivity contribution is 5.79. The van der Waals surface area contributed by atoms with Gasteiger partial charge in [0, 0.05) is 17.5 Å². The number of nitrogens with one attached hydrogen (secondary N) is 1. The van der Waals surface area contributed by atoms with Crippen molar-refractivity contribution >= 4 is 12.4 Å². The Balaban J connectivity index is 2.47. The van der Waals surface area contributed by atoms with Crippen LogP contribution in [0.25, 0.3) is 17.3 Å². The van der Waals surface area contributed by atoms with Gasteiger partial charge in [-0.2, -0.15) is 0 Å². The average molecular weight is 197 g/mol. The molecule has 0 aliphatic rings. The lowest BCUT2D eigenvalue weighted by Crippen LogP contribution is -1.82. The van der Waals surface area contributed by atoms with Crippen LogP contribution in [-0.2, 0) is 4.79 Å². The fourth-order valence-electron chi connectivity index (χ4n) is 1.53. The van der Waals surface area contributed by atoms with Crippen LogP contribution >= 0.6 is 0 Å². The van der Waals surface area contributed by atoms with E-state index >= 15 is 0 Å². The maximum atomic E-state index is 10.3. The van der Waals surface area contributed by atoms with Crippen molar-refractivity contribution in [2.75, 3.05) is 0 Å². The van der Waals surface area contributed by atoms with Crippen LogP contribution in [-0.4, -0.2) is 11.3 Å². The highest BCUT2D eigenvalue weighted by atomic mass is 16.1. The minimum atomic E-state index is 0.783. The molecule has 0 fully saturated rings. The molecule has 0 unspecified atom stereocenters. The molecule has 0 bridgehead atoms. The van der Waals surface area contributed by atoms with Crippen LogP contribution in [0.2, 0.25) is 0 Å². The summed E-state index contributed by atoms with van der Waals surface area (Å²) in [6.45, 7) is 0. The predicted octanol–water partition coefficient (Wildman–Crippen LogP) is 2.89. The summed E-state index contributed by atoms with van der Waals surface area (Å²) in [5.41, 5.74) is 3.19. The van der Waals surface area contributed by atoms with Gasteiger partial charge in [0.1, 0.15) is 6.29 Å². The molecule has 1 N–H and O–H groups in total. The van der Waals surface area contributed by atoms with Crippen molar-refractivity contribution < 1.29 is 4.79 Å². The highest BCUT2D eigenvalue weighted by Crippen LogP contribution is 2.22. The van der Waals surface area contributed by atoms with Crippen LogP contribution in [0, 0.1) is 0 Å². The third-order valence-corrected chi connectivity index (χ3v) is 2.20. The molecule has 2 heteroatoms. The van der Waals surface area contributed by atoms with Gasteiger partial charge in [-0.25, -0.2) is 0 Å². The third-order valence-electron chi connectivity index (χ3n) is 2.20. The van der Waals surface area contributed by atoms with E-state index in [1.165, 1.54) is 6.08 Å². The number of carbonyl (C=O) groups excluding carboxylic acids is 1. The first-order valence-electron chi connectivity index (χ1n) is 4.76. The van der Waals surface area contributed by atoms with Crippen LogP contribution < -0.4 is 0 Å². The first-order valence-corrected chi connectivity index (χ1v) is 4.76. The van der Waals surface area contributed by atoms with Gasteiger partial charge in [-0.15, -0.1) is 0 Å². The number of benzene rings is 1. The van der Waals surface area contributed by atoms with E-state index in [4.69, 9.17) is 0 Å². The van der Waals surface area contributed by atoms with Crippen molar-refractivity contribution in [3.05, 3.63) is 54.2 Å². The number of aromatic amines is 1. The molecule has 0 atom stereocenters. The van der Waals surface area contributed by atoms with Gasteiger partial charge in [-0.05, 0) is 23.8 Å². The molecule has 1 aromatic heterocycles. The molecule has 1 aromatic carbocycles. The summed E-state index contributed by atoms with van der Waals surface area (Å²) in [6.07, 6.45) is 5.98. The first-order chi connectivity index (χ1) is 7.42. The molecule has 0 aliphatic carbocycles. The molecule has 2 nitrogen and oxygen atoms in total. The molecule has 0 spiro atoms. The smallest absolute Gasteiger partial charge is 0.142 e. The number of aldehydes is 1. The summed E-state index contributed by atoms with van der Waals surface area (Å²) in [5, 5.41) is 0. The number of carbonyl (C=O) groups is 1. The molecule has 2 rings (SSSR count). The fourth-order valence-corrected chi connectivity index (χ4v) is 1.53. The van der Waals surface area contributed by atoms with E-state index in [9.17, 15) is 4.79 Å². The molecule has 0 radical (unpaired) electrons. The Bertz CT molecular complexity index is 469. The number of hydrogen-bond acceptors (Lipinski definition) is 1. The summed E-state index contributed by atoms with van der Waals surface area (Å²) in [5.74, 6) is 0. The zero-order valence-electron chi connectivity index (χ0n) is 8.18. The van der Waals surface area contributed by atoms with Gasteiger partial charge in [-0.1, -0.05) is 30.3 Å². The van der Waals surface area contributed by atoms with Crippen LogP contribution in [0.15, 0.2) is 48.7 Å². The van der Waals surface area contributed by atoms with Crippen LogP contribution in [0.4, 0.5) is 0 Å². The molecule has 0 saturated carbocycles. The van der Waals surface area contributed by atoms with E-state index in [1.54, 1.807) is 0 Å². The molecule has 0 aliphatic heterocycles. The molecule has 74 valence electrons. The first kappa shape index (κ1) is 9.46. The lowest BCUT2D eigenvalue weighted by molar-refractivity contribution is -0.104. The Morgan fingerprint density at radius 3 is 2.67 bits per heavy atom. The maximum absolute atomic E-state index is 10.3. The predicted molar refractivity (Wildman–Crippen MR) is 61.3 cm³/mol. The van der Waals surface area contributed by atoms with Gasteiger partial charge in [0.25, 0.3) is 0 Å². The summed E-state index contributed by atoms with van der Waals surface area (Å²) in [4.78, 5) is 13.4. The van der Waals surface area contributed by atoms with Crippen LogP contribution in [0.5, 0.6) is 0 Å². The van der Waals surface area contributed by atoms with Gasteiger partial charge in [-0.3, -0.25) is 4.79 Å². The number of aromatic nitrogens is 1. The van der Waals surface area contributed by atoms with Gasteiger partial charge in [0.2, 0.25) is 0 Å². The zero-order chi connectivity index (χ0) is 10.5. The van der Waals surface area contributed by atoms with Crippen molar-refractivity contribution in [2.24, 2.45) is 0 Å². The molecule has 0 amide bonds. The Morgan fingerprint density at radius 2 is 1.93 bits per heavy atom. The van der Waals surface area contributed by atoms with Crippen LogP contribution in [0.1, 0.15) is 5.56 Å². The van der Waals surface area contributed by atoms with E-state index in [0.717, 1.165) is 23.1 Å². The second-order valence-corrected chi connectivity index (χ2v) is 3.17. The molecule has 2 aromatic rings. The Labute approximate surface area is 88.3 Å². The second kappa shape index (κ2) is 4.42. The summed E-state index contributed by atoms with van der Waals surface area (Å²) < 4.78 is 0.